The number of nitrogens with one attached hydrogen (secondary N) is 1. The average molecular weight is 387 g/mol. The number of hydrogen-bond donors (Lipinski definition) is 1. The van der Waals surface area contributed by atoms with Crippen molar-refractivity contribution in [3.63, 3.8) is 0 Å². The molecular formula is C18H19BrN4O. The van der Waals surface area contributed by atoms with Crippen LogP contribution in [0.3, 0.4) is 0 Å². The second kappa shape index (κ2) is 6.75. The molecule has 0 spiro atoms. The molecule has 1 N–H and O–H groups in total. The second-order valence-electron chi connectivity index (χ2n) is 6.01. The molecule has 1 amide bonds. The fourth-order valence-corrected chi connectivity index (χ4v) is 3.17. The normalized spacial score (nSPS) is 11.2. The maximum Gasteiger partial charge on any atom is 0.276 e. The van der Waals surface area contributed by atoms with Gasteiger partial charge in [-0.2, -0.15) is 0 Å². The third-order valence-corrected chi connectivity index (χ3v) is 4.34. The quantitative estimate of drug-likeness (QED) is 0.743. The lowest BCUT2D eigenvalue weighted by Crippen LogP contribution is -2.19. The van der Waals surface area contributed by atoms with Gasteiger partial charge in [-0.3, -0.25) is 4.79 Å². The summed E-state index contributed by atoms with van der Waals surface area (Å²) < 4.78 is 2.81. The van der Waals surface area contributed by atoms with E-state index in [0.29, 0.717) is 12.2 Å². The molecule has 0 unspecified atom stereocenters. The summed E-state index contributed by atoms with van der Waals surface area (Å²) in [5.74, 6) is -0.208. The number of rotatable bonds is 4. The molecule has 0 saturated heterocycles. The van der Waals surface area contributed by atoms with Crippen molar-refractivity contribution in [2.24, 2.45) is 0 Å². The molecule has 5 nitrogen and oxygen atoms in total. The number of fused-ring (bicyclic) bond motifs is 1. The zero-order valence-corrected chi connectivity index (χ0v) is 15.5. The molecule has 0 aliphatic heterocycles. The van der Waals surface area contributed by atoms with Crippen LogP contribution in [0.4, 0.5) is 5.69 Å². The van der Waals surface area contributed by atoms with Crippen molar-refractivity contribution in [2.45, 2.75) is 13.5 Å². The van der Waals surface area contributed by atoms with Crippen LogP contribution in [0, 0.1) is 6.92 Å². The minimum absolute atomic E-state index is 0.208. The van der Waals surface area contributed by atoms with Crippen LogP contribution in [-0.4, -0.2) is 34.3 Å². The Morgan fingerprint density at radius 1 is 1.29 bits per heavy atom. The number of anilines is 1. The first-order valence-electron chi connectivity index (χ1n) is 7.64. The average Bonchev–Trinajstić information content (AvgIpc) is 2.88. The van der Waals surface area contributed by atoms with Crippen LogP contribution in [-0.2, 0) is 6.54 Å². The number of pyridine rings is 1. The number of amides is 1. The standard InChI is InChI=1S/C18H19BrN4O/c1-12-7-8-14(13(19)10-12)20-18(24)17-15(11-22(2)3)23-9-5-4-6-16(23)21-17/h4-10H,11H2,1-3H3,(H,20,24). The van der Waals surface area contributed by atoms with Crippen LogP contribution in [0.1, 0.15) is 21.7 Å². The molecule has 0 aliphatic rings. The van der Waals surface area contributed by atoms with E-state index in [2.05, 4.69) is 26.2 Å². The molecule has 0 radical (unpaired) electrons. The molecule has 1 aromatic carbocycles. The van der Waals surface area contributed by atoms with Crippen molar-refractivity contribution < 1.29 is 4.79 Å². The minimum atomic E-state index is -0.208. The number of halogens is 1. The number of benzene rings is 1. The van der Waals surface area contributed by atoms with Gasteiger partial charge < -0.3 is 14.6 Å². The Morgan fingerprint density at radius 3 is 2.79 bits per heavy atom. The Hall–Kier alpha value is -2.18. The highest BCUT2D eigenvalue weighted by Crippen LogP contribution is 2.24. The highest BCUT2D eigenvalue weighted by atomic mass is 79.9. The highest BCUT2D eigenvalue weighted by molar-refractivity contribution is 9.10. The maximum absolute atomic E-state index is 12.8. The first kappa shape index (κ1) is 16.7. The lowest BCUT2D eigenvalue weighted by Gasteiger charge is -2.12. The summed E-state index contributed by atoms with van der Waals surface area (Å²) in [7, 11) is 3.95. The summed E-state index contributed by atoms with van der Waals surface area (Å²) >= 11 is 3.49. The highest BCUT2D eigenvalue weighted by Gasteiger charge is 2.20. The summed E-state index contributed by atoms with van der Waals surface area (Å²) in [5.41, 5.74) is 3.94. The zero-order chi connectivity index (χ0) is 17.3. The van der Waals surface area contributed by atoms with Gasteiger partial charge in [0.1, 0.15) is 5.65 Å². The Kier molecular flexibility index (Phi) is 4.69. The van der Waals surface area contributed by atoms with Gasteiger partial charge in [0.15, 0.2) is 5.69 Å². The van der Waals surface area contributed by atoms with Crippen molar-refractivity contribution in [3.05, 3.63) is 64.0 Å². The minimum Gasteiger partial charge on any atom is -0.320 e. The third kappa shape index (κ3) is 3.34. The molecule has 0 aliphatic carbocycles. The molecule has 0 atom stereocenters. The van der Waals surface area contributed by atoms with E-state index in [1.807, 2.05) is 72.9 Å². The van der Waals surface area contributed by atoms with E-state index in [-0.39, 0.29) is 5.91 Å². The van der Waals surface area contributed by atoms with Crippen LogP contribution in [0.5, 0.6) is 0 Å². The SMILES string of the molecule is Cc1ccc(NC(=O)c2nc3ccccn3c2CN(C)C)c(Br)c1. The smallest absolute Gasteiger partial charge is 0.276 e. The van der Waals surface area contributed by atoms with Gasteiger partial charge in [0.05, 0.1) is 11.4 Å². The van der Waals surface area contributed by atoms with Gasteiger partial charge >= 0.3 is 0 Å². The van der Waals surface area contributed by atoms with E-state index in [1.54, 1.807) is 0 Å². The van der Waals surface area contributed by atoms with Crippen molar-refractivity contribution >= 4 is 33.2 Å². The van der Waals surface area contributed by atoms with Crippen molar-refractivity contribution in [3.8, 4) is 0 Å². The molecule has 6 heteroatoms. The van der Waals surface area contributed by atoms with E-state index in [9.17, 15) is 4.79 Å². The van der Waals surface area contributed by atoms with Crippen molar-refractivity contribution in [1.82, 2.24) is 14.3 Å². The van der Waals surface area contributed by atoms with E-state index >= 15 is 0 Å². The largest absolute Gasteiger partial charge is 0.320 e. The van der Waals surface area contributed by atoms with Crippen LogP contribution >= 0.6 is 15.9 Å². The fourth-order valence-electron chi connectivity index (χ4n) is 2.58. The van der Waals surface area contributed by atoms with Crippen LogP contribution in [0.25, 0.3) is 5.65 Å². The Balaban J connectivity index is 1.99. The number of hydrogen-bond acceptors (Lipinski definition) is 3. The van der Waals surface area contributed by atoms with Crippen LogP contribution in [0.2, 0.25) is 0 Å². The van der Waals surface area contributed by atoms with Crippen molar-refractivity contribution in [1.29, 1.82) is 0 Å². The molecule has 24 heavy (non-hydrogen) atoms. The molecule has 0 saturated carbocycles. The number of aryl methyl sites for hydroxylation is 1. The fraction of sp³-hybridized carbons (Fsp3) is 0.222. The van der Waals surface area contributed by atoms with Gasteiger partial charge in [-0.1, -0.05) is 12.1 Å². The number of carbonyl (C=O) groups is 1. The third-order valence-electron chi connectivity index (χ3n) is 3.68. The van der Waals surface area contributed by atoms with E-state index in [4.69, 9.17) is 0 Å². The summed E-state index contributed by atoms with van der Waals surface area (Å²) in [6, 6.07) is 11.6. The first-order valence-corrected chi connectivity index (χ1v) is 8.43. The molecule has 3 rings (SSSR count). The molecule has 2 aromatic heterocycles. The lowest BCUT2D eigenvalue weighted by molar-refractivity contribution is 0.102. The number of aromatic nitrogens is 2. The van der Waals surface area contributed by atoms with Crippen LogP contribution in [0.15, 0.2) is 47.1 Å². The van der Waals surface area contributed by atoms with Gasteiger partial charge in [0.2, 0.25) is 0 Å². The van der Waals surface area contributed by atoms with Crippen molar-refractivity contribution in [2.75, 3.05) is 19.4 Å². The number of imidazole rings is 1. The molecular weight excluding hydrogens is 368 g/mol. The summed E-state index contributed by atoms with van der Waals surface area (Å²) in [6.07, 6.45) is 1.93. The summed E-state index contributed by atoms with van der Waals surface area (Å²) in [4.78, 5) is 19.3. The maximum atomic E-state index is 12.8. The zero-order valence-electron chi connectivity index (χ0n) is 13.9. The number of nitrogens with zero attached hydrogens (tertiary/aromatic N) is 3. The van der Waals surface area contributed by atoms with Crippen LogP contribution < -0.4 is 5.32 Å². The molecule has 2 heterocycles. The first-order chi connectivity index (χ1) is 11.5. The predicted molar refractivity (Wildman–Crippen MR) is 99.4 cm³/mol. The van der Waals surface area contributed by atoms with Gasteiger partial charge in [0, 0.05) is 17.2 Å². The Labute approximate surface area is 149 Å². The lowest BCUT2D eigenvalue weighted by atomic mass is 10.2. The van der Waals surface area contributed by atoms with Gasteiger partial charge in [-0.25, -0.2) is 4.98 Å². The predicted octanol–water partition coefficient (Wildman–Crippen LogP) is 3.72. The monoisotopic (exact) mass is 386 g/mol. The Bertz CT molecular complexity index is 901. The molecule has 3 aromatic rings. The topological polar surface area (TPSA) is 49.6 Å². The molecule has 0 fully saturated rings. The van der Waals surface area contributed by atoms with Gasteiger partial charge in [0.25, 0.3) is 5.91 Å². The number of carbonyl (C=O) groups excluding carboxylic acids is 1. The van der Waals surface area contributed by atoms with E-state index in [1.165, 1.54) is 0 Å². The van der Waals surface area contributed by atoms with Gasteiger partial charge in [-0.05, 0) is 66.8 Å². The summed E-state index contributed by atoms with van der Waals surface area (Å²) in [5, 5.41) is 2.95. The van der Waals surface area contributed by atoms with E-state index < -0.39 is 0 Å². The van der Waals surface area contributed by atoms with Gasteiger partial charge in [-0.15, -0.1) is 0 Å². The van der Waals surface area contributed by atoms with E-state index in [0.717, 1.165) is 27.1 Å². The summed E-state index contributed by atoms with van der Waals surface area (Å²) in [6.45, 7) is 2.64. The second-order valence-corrected chi connectivity index (χ2v) is 6.87. The molecule has 0 bridgehead atoms. The molecule has 124 valence electrons. The Morgan fingerprint density at radius 2 is 2.08 bits per heavy atom.